The van der Waals surface area contributed by atoms with Gasteiger partial charge in [0.2, 0.25) is 11.8 Å². The lowest BCUT2D eigenvalue weighted by Gasteiger charge is -2.09. The average molecular weight is 288 g/mol. The first-order valence-corrected chi connectivity index (χ1v) is 6.92. The molecule has 1 amide bonds. The fourth-order valence-corrected chi connectivity index (χ4v) is 2.07. The number of nitrogens with zero attached hydrogens (tertiary/aromatic N) is 2. The number of rotatable bonds is 6. The summed E-state index contributed by atoms with van der Waals surface area (Å²) in [4.78, 5) is 15.6. The molecule has 0 radical (unpaired) electrons. The monoisotopic (exact) mass is 288 g/mol. The normalized spacial score (nSPS) is 10.9. The summed E-state index contributed by atoms with van der Waals surface area (Å²) in [7, 11) is 0. The molecule has 3 N–H and O–H groups in total. The minimum atomic E-state index is -0.437. The molecule has 0 aliphatic carbocycles. The summed E-state index contributed by atoms with van der Waals surface area (Å²) in [5, 5.41) is 7.12. The van der Waals surface area contributed by atoms with Gasteiger partial charge in [0.05, 0.1) is 6.54 Å². The molecule has 2 rings (SSSR count). The van der Waals surface area contributed by atoms with Crippen LogP contribution < -0.4 is 11.1 Å². The first-order chi connectivity index (χ1) is 9.97. The molecule has 0 unspecified atom stereocenters. The summed E-state index contributed by atoms with van der Waals surface area (Å²) in [6.45, 7) is 6.47. The Morgan fingerprint density at radius 1 is 1.43 bits per heavy atom. The smallest absolute Gasteiger partial charge is 0.249 e. The van der Waals surface area contributed by atoms with Gasteiger partial charge < -0.3 is 15.6 Å². The zero-order chi connectivity index (χ0) is 15.4. The molecule has 112 valence electrons. The van der Waals surface area contributed by atoms with Crippen LogP contribution in [-0.2, 0) is 13.0 Å². The lowest BCUT2D eigenvalue weighted by Crippen LogP contribution is -2.14. The van der Waals surface area contributed by atoms with Crippen LogP contribution in [0.3, 0.4) is 0 Å². The second-order valence-electron chi connectivity index (χ2n) is 5.40. The van der Waals surface area contributed by atoms with E-state index in [0.717, 1.165) is 17.7 Å². The van der Waals surface area contributed by atoms with Crippen molar-refractivity contribution in [3.05, 3.63) is 41.0 Å². The van der Waals surface area contributed by atoms with Gasteiger partial charge in [-0.1, -0.05) is 25.1 Å². The van der Waals surface area contributed by atoms with E-state index in [0.29, 0.717) is 29.7 Å². The molecule has 0 bridgehead atoms. The maximum Gasteiger partial charge on any atom is 0.249 e. The Morgan fingerprint density at radius 3 is 2.86 bits per heavy atom. The number of amides is 1. The highest BCUT2D eigenvalue weighted by Gasteiger charge is 2.11. The van der Waals surface area contributed by atoms with Gasteiger partial charge in [-0.3, -0.25) is 4.79 Å². The van der Waals surface area contributed by atoms with Crippen molar-refractivity contribution in [2.75, 3.05) is 5.32 Å². The first-order valence-electron chi connectivity index (χ1n) is 6.92. The van der Waals surface area contributed by atoms with E-state index < -0.39 is 5.91 Å². The number of nitrogens with two attached hydrogens (primary N) is 1. The quantitative estimate of drug-likeness (QED) is 0.850. The van der Waals surface area contributed by atoms with Crippen molar-refractivity contribution >= 4 is 11.6 Å². The van der Waals surface area contributed by atoms with Gasteiger partial charge in [0, 0.05) is 17.7 Å². The predicted octanol–water partition coefficient (Wildman–Crippen LogP) is 2.29. The number of hydrogen-bond donors (Lipinski definition) is 2. The number of aromatic nitrogens is 2. The summed E-state index contributed by atoms with van der Waals surface area (Å²) in [6, 6.07) is 5.37. The number of carbonyl (C=O) groups excluding carboxylic acids is 1. The second kappa shape index (κ2) is 6.39. The van der Waals surface area contributed by atoms with Crippen LogP contribution in [0.15, 0.2) is 22.7 Å². The van der Waals surface area contributed by atoms with Crippen molar-refractivity contribution < 1.29 is 9.32 Å². The molecule has 0 spiro atoms. The number of benzene rings is 1. The molecular weight excluding hydrogens is 268 g/mol. The van der Waals surface area contributed by atoms with Crippen LogP contribution in [0.2, 0.25) is 0 Å². The van der Waals surface area contributed by atoms with E-state index in [1.54, 1.807) is 12.1 Å². The van der Waals surface area contributed by atoms with Crippen LogP contribution in [0.5, 0.6) is 0 Å². The maximum atomic E-state index is 11.3. The van der Waals surface area contributed by atoms with E-state index in [2.05, 4.69) is 29.3 Å². The first kappa shape index (κ1) is 15.0. The van der Waals surface area contributed by atoms with Crippen molar-refractivity contribution in [1.29, 1.82) is 0 Å². The van der Waals surface area contributed by atoms with Crippen LogP contribution in [0.1, 0.15) is 41.5 Å². The molecule has 6 nitrogen and oxygen atoms in total. The Bertz CT molecular complexity index is 634. The molecule has 0 fully saturated rings. The van der Waals surface area contributed by atoms with Crippen LogP contribution >= 0.6 is 0 Å². The Labute approximate surface area is 123 Å². The molecule has 6 heteroatoms. The maximum absolute atomic E-state index is 11.3. The second-order valence-corrected chi connectivity index (χ2v) is 5.40. The predicted molar refractivity (Wildman–Crippen MR) is 79.9 cm³/mol. The molecule has 0 aliphatic heterocycles. The Balaban J connectivity index is 2.05. The van der Waals surface area contributed by atoms with Gasteiger partial charge in [-0.05, 0) is 30.5 Å². The largest absolute Gasteiger partial charge is 0.376 e. The zero-order valence-electron chi connectivity index (χ0n) is 12.5. The van der Waals surface area contributed by atoms with Gasteiger partial charge >= 0.3 is 0 Å². The SMILES string of the molecule is Cc1c(NCc2nc(CC(C)C)no2)cccc1C(N)=O. The van der Waals surface area contributed by atoms with E-state index >= 15 is 0 Å². The third-order valence-corrected chi connectivity index (χ3v) is 3.13. The summed E-state index contributed by atoms with van der Waals surface area (Å²) < 4.78 is 5.19. The zero-order valence-corrected chi connectivity index (χ0v) is 12.5. The number of hydrogen-bond acceptors (Lipinski definition) is 5. The molecule has 1 heterocycles. The van der Waals surface area contributed by atoms with Gasteiger partial charge in [0.25, 0.3) is 0 Å². The van der Waals surface area contributed by atoms with Gasteiger partial charge in [-0.2, -0.15) is 4.98 Å². The van der Waals surface area contributed by atoms with Gasteiger partial charge in [-0.15, -0.1) is 0 Å². The average Bonchev–Trinajstić information content (AvgIpc) is 2.84. The molecule has 21 heavy (non-hydrogen) atoms. The number of nitrogens with one attached hydrogen (secondary N) is 1. The van der Waals surface area contributed by atoms with E-state index in [1.165, 1.54) is 0 Å². The lowest BCUT2D eigenvalue weighted by atomic mass is 10.1. The van der Waals surface area contributed by atoms with Crippen LogP contribution in [0.25, 0.3) is 0 Å². The highest BCUT2D eigenvalue weighted by atomic mass is 16.5. The fourth-order valence-electron chi connectivity index (χ4n) is 2.07. The van der Waals surface area contributed by atoms with E-state index in [1.807, 2.05) is 13.0 Å². The van der Waals surface area contributed by atoms with Crippen LogP contribution in [-0.4, -0.2) is 16.0 Å². The molecule has 2 aromatic rings. The molecule has 0 saturated heterocycles. The number of primary amides is 1. The molecule has 0 aliphatic rings. The van der Waals surface area contributed by atoms with Gasteiger partial charge in [0.15, 0.2) is 5.82 Å². The highest BCUT2D eigenvalue weighted by Crippen LogP contribution is 2.19. The minimum absolute atomic E-state index is 0.411. The summed E-state index contributed by atoms with van der Waals surface area (Å²) in [5.74, 6) is 1.28. The summed E-state index contributed by atoms with van der Waals surface area (Å²) in [5.41, 5.74) is 7.48. The van der Waals surface area contributed by atoms with Crippen molar-refractivity contribution in [2.45, 2.75) is 33.7 Å². The third-order valence-electron chi connectivity index (χ3n) is 3.13. The topological polar surface area (TPSA) is 94.0 Å². The molecule has 0 atom stereocenters. The highest BCUT2D eigenvalue weighted by molar-refractivity contribution is 5.95. The van der Waals surface area contributed by atoms with Gasteiger partial charge in [0.1, 0.15) is 0 Å². The van der Waals surface area contributed by atoms with E-state index in [9.17, 15) is 4.79 Å². The summed E-state index contributed by atoms with van der Waals surface area (Å²) >= 11 is 0. The molecule has 0 saturated carbocycles. The lowest BCUT2D eigenvalue weighted by molar-refractivity contribution is 0.1000. The Kier molecular flexibility index (Phi) is 4.57. The summed E-state index contributed by atoms with van der Waals surface area (Å²) in [6.07, 6.45) is 0.791. The van der Waals surface area contributed by atoms with E-state index in [-0.39, 0.29) is 0 Å². The third kappa shape index (κ3) is 3.81. The van der Waals surface area contributed by atoms with Crippen molar-refractivity contribution in [2.24, 2.45) is 11.7 Å². The van der Waals surface area contributed by atoms with Crippen molar-refractivity contribution in [3.8, 4) is 0 Å². The molecule has 1 aromatic heterocycles. The number of carbonyl (C=O) groups is 1. The minimum Gasteiger partial charge on any atom is -0.376 e. The number of anilines is 1. The van der Waals surface area contributed by atoms with E-state index in [4.69, 9.17) is 10.3 Å². The Hall–Kier alpha value is -2.37. The van der Waals surface area contributed by atoms with Crippen molar-refractivity contribution in [3.63, 3.8) is 0 Å². The molecule has 1 aromatic carbocycles. The van der Waals surface area contributed by atoms with Crippen LogP contribution in [0.4, 0.5) is 5.69 Å². The van der Waals surface area contributed by atoms with Gasteiger partial charge in [-0.25, -0.2) is 0 Å². The fraction of sp³-hybridized carbons (Fsp3) is 0.400. The Morgan fingerprint density at radius 2 is 2.19 bits per heavy atom. The standard InChI is InChI=1S/C15H20N4O2/c1-9(2)7-13-18-14(21-19-13)8-17-12-6-4-5-11(10(12)3)15(16)20/h4-6,9,17H,7-8H2,1-3H3,(H2,16,20). The van der Waals surface area contributed by atoms with Crippen molar-refractivity contribution in [1.82, 2.24) is 10.1 Å². The van der Waals surface area contributed by atoms with Crippen LogP contribution in [0, 0.1) is 12.8 Å². The molecular formula is C15H20N4O2.